The van der Waals surface area contributed by atoms with Crippen molar-refractivity contribution in [3.8, 4) is 0 Å². The first-order chi connectivity index (χ1) is 2.27. The average molecular weight is 156 g/mol. The molecule has 0 fully saturated rings. The number of nitrogens with two attached hydrogens (primary N) is 1. The van der Waals surface area contributed by atoms with Gasteiger partial charge >= 0.3 is 0 Å². The Labute approximate surface area is 48.1 Å². The van der Waals surface area contributed by atoms with Crippen molar-refractivity contribution in [2.75, 3.05) is 6.54 Å². The summed E-state index contributed by atoms with van der Waals surface area (Å²) in [5, 5.41) is 8.24. The van der Waals surface area contributed by atoms with Crippen LogP contribution >= 0.6 is 17.0 Å². The molecule has 2 nitrogen and oxygen atoms in total. The lowest BCUT2D eigenvalue weighted by Crippen LogP contribution is -2.14. The fraction of sp³-hybridized carbons (Fsp3) is 1.00. The fourth-order valence-electron chi connectivity index (χ4n) is 0. The molecule has 40 valence electrons. The minimum atomic E-state index is -0.338. The van der Waals surface area contributed by atoms with Gasteiger partial charge in [0, 0.05) is 6.54 Å². The number of rotatable bonds is 1. The Balaban J connectivity index is 0. The van der Waals surface area contributed by atoms with E-state index in [1.807, 2.05) is 0 Å². The smallest absolute Gasteiger partial charge is 0.0634 e. The number of aliphatic hydroxyl groups excluding tert-OH is 1. The van der Waals surface area contributed by atoms with Gasteiger partial charge in [-0.1, -0.05) is 0 Å². The topological polar surface area (TPSA) is 46.2 Å². The normalized spacial score (nSPS) is 12.5. The maximum absolute atomic E-state index is 8.24. The zero-order chi connectivity index (χ0) is 4.28. The molecule has 0 spiro atoms. The standard InChI is InChI=1S/C3H9NO.BrH/c1-3(5)2-4;/h3,5H,2,4H2,1H3;1H. The van der Waals surface area contributed by atoms with Gasteiger partial charge in [-0.25, -0.2) is 0 Å². The highest BCUT2D eigenvalue weighted by Gasteiger charge is 1.81. The lowest BCUT2D eigenvalue weighted by Gasteiger charge is -1.91. The molecular formula is C3H10BrNO. The van der Waals surface area contributed by atoms with E-state index in [4.69, 9.17) is 10.8 Å². The zero-order valence-corrected chi connectivity index (χ0v) is 5.43. The van der Waals surface area contributed by atoms with Crippen LogP contribution in [0, 0.1) is 0 Å². The second kappa shape index (κ2) is 5.40. The summed E-state index contributed by atoms with van der Waals surface area (Å²) in [6.07, 6.45) is -0.338. The Kier molecular flexibility index (Phi) is 8.68. The van der Waals surface area contributed by atoms with Crippen molar-refractivity contribution in [2.24, 2.45) is 5.73 Å². The van der Waals surface area contributed by atoms with Crippen LogP contribution in [0.3, 0.4) is 0 Å². The molecule has 0 amide bonds. The molecule has 0 heterocycles. The van der Waals surface area contributed by atoms with Crippen molar-refractivity contribution in [1.82, 2.24) is 0 Å². The summed E-state index contributed by atoms with van der Waals surface area (Å²) in [6.45, 7) is 2.01. The average Bonchev–Trinajstić information content (AvgIpc) is 1.38. The second-order valence-electron chi connectivity index (χ2n) is 1.08. The number of hydrogen-bond acceptors (Lipinski definition) is 2. The molecule has 0 aliphatic heterocycles. The number of halogens is 1. The molecule has 1 atom stereocenters. The van der Waals surface area contributed by atoms with Gasteiger partial charge in [-0.05, 0) is 6.92 Å². The van der Waals surface area contributed by atoms with Crippen molar-refractivity contribution in [3.05, 3.63) is 0 Å². The van der Waals surface area contributed by atoms with Gasteiger partial charge in [0.15, 0.2) is 0 Å². The third kappa shape index (κ3) is 8.83. The van der Waals surface area contributed by atoms with Gasteiger partial charge in [0.2, 0.25) is 0 Å². The van der Waals surface area contributed by atoms with Gasteiger partial charge in [0.25, 0.3) is 0 Å². The first-order valence-corrected chi connectivity index (χ1v) is 1.65. The SMILES string of the molecule is Br.CC(O)CN. The molecule has 0 rings (SSSR count). The molecule has 0 radical (unpaired) electrons. The van der Waals surface area contributed by atoms with Gasteiger partial charge in [0.05, 0.1) is 6.10 Å². The van der Waals surface area contributed by atoms with Crippen molar-refractivity contribution in [1.29, 1.82) is 0 Å². The summed E-state index contributed by atoms with van der Waals surface area (Å²) in [7, 11) is 0. The van der Waals surface area contributed by atoms with Crippen molar-refractivity contribution in [3.63, 3.8) is 0 Å². The highest BCUT2D eigenvalue weighted by Crippen LogP contribution is 1.65. The Hall–Kier alpha value is 0.400. The first-order valence-electron chi connectivity index (χ1n) is 1.65. The quantitative estimate of drug-likeness (QED) is 0.557. The minimum Gasteiger partial charge on any atom is -0.392 e. The monoisotopic (exact) mass is 155 g/mol. The van der Waals surface area contributed by atoms with E-state index in [-0.39, 0.29) is 23.1 Å². The van der Waals surface area contributed by atoms with Gasteiger partial charge in [-0.3, -0.25) is 0 Å². The van der Waals surface area contributed by atoms with Gasteiger partial charge in [0.1, 0.15) is 0 Å². The Bertz CT molecular complexity index is 24.8. The van der Waals surface area contributed by atoms with Crippen LogP contribution < -0.4 is 5.73 Å². The number of hydrogen-bond donors (Lipinski definition) is 2. The summed E-state index contributed by atoms with van der Waals surface area (Å²) in [5.41, 5.74) is 4.92. The highest BCUT2D eigenvalue weighted by molar-refractivity contribution is 8.93. The Morgan fingerprint density at radius 2 is 2.00 bits per heavy atom. The van der Waals surface area contributed by atoms with Gasteiger partial charge < -0.3 is 10.8 Å². The van der Waals surface area contributed by atoms with Crippen LogP contribution in [-0.4, -0.2) is 17.8 Å². The summed E-state index contributed by atoms with van der Waals surface area (Å²) in [6, 6.07) is 0. The summed E-state index contributed by atoms with van der Waals surface area (Å²) in [5.74, 6) is 0. The maximum atomic E-state index is 8.24. The summed E-state index contributed by atoms with van der Waals surface area (Å²) < 4.78 is 0. The van der Waals surface area contributed by atoms with E-state index in [0.717, 1.165) is 0 Å². The second-order valence-corrected chi connectivity index (χ2v) is 1.08. The molecule has 6 heavy (non-hydrogen) atoms. The molecule has 0 aromatic carbocycles. The van der Waals surface area contributed by atoms with Crippen molar-refractivity contribution >= 4 is 17.0 Å². The molecule has 0 aliphatic carbocycles. The van der Waals surface area contributed by atoms with E-state index < -0.39 is 0 Å². The molecule has 1 unspecified atom stereocenters. The van der Waals surface area contributed by atoms with E-state index in [1.54, 1.807) is 6.92 Å². The maximum Gasteiger partial charge on any atom is 0.0634 e. The molecule has 0 bridgehead atoms. The lowest BCUT2D eigenvalue weighted by molar-refractivity contribution is 0.203. The largest absolute Gasteiger partial charge is 0.392 e. The molecule has 0 aliphatic rings. The fourth-order valence-corrected chi connectivity index (χ4v) is 0. The molecule has 0 saturated heterocycles. The van der Waals surface area contributed by atoms with Gasteiger partial charge in [-0.15, -0.1) is 17.0 Å². The molecule has 3 N–H and O–H groups in total. The molecule has 3 heteroatoms. The van der Waals surface area contributed by atoms with Crippen LogP contribution in [0.25, 0.3) is 0 Å². The molecular weight excluding hydrogens is 146 g/mol. The third-order valence-corrected chi connectivity index (χ3v) is 0.341. The van der Waals surface area contributed by atoms with E-state index in [1.165, 1.54) is 0 Å². The predicted molar refractivity (Wildman–Crippen MR) is 31.1 cm³/mol. The van der Waals surface area contributed by atoms with E-state index >= 15 is 0 Å². The molecule has 0 saturated carbocycles. The van der Waals surface area contributed by atoms with E-state index in [0.29, 0.717) is 6.54 Å². The Morgan fingerprint density at radius 1 is 1.83 bits per heavy atom. The number of aliphatic hydroxyl groups is 1. The Morgan fingerprint density at radius 3 is 2.00 bits per heavy atom. The first kappa shape index (κ1) is 9.64. The van der Waals surface area contributed by atoms with Crippen LogP contribution in [0.5, 0.6) is 0 Å². The van der Waals surface area contributed by atoms with Crippen LogP contribution in [0.2, 0.25) is 0 Å². The highest BCUT2D eigenvalue weighted by atomic mass is 79.9. The van der Waals surface area contributed by atoms with Crippen LogP contribution in [0.1, 0.15) is 6.92 Å². The lowest BCUT2D eigenvalue weighted by atomic mass is 10.4. The van der Waals surface area contributed by atoms with Crippen LogP contribution in [0.4, 0.5) is 0 Å². The summed E-state index contributed by atoms with van der Waals surface area (Å²) in [4.78, 5) is 0. The zero-order valence-electron chi connectivity index (χ0n) is 3.72. The van der Waals surface area contributed by atoms with Crippen LogP contribution in [-0.2, 0) is 0 Å². The van der Waals surface area contributed by atoms with E-state index in [9.17, 15) is 0 Å². The predicted octanol–water partition coefficient (Wildman–Crippen LogP) is -0.0962. The minimum absolute atomic E-state index is 0. The van der Waals surface area contributed by atoms with Crippen LogP contribution in [0.15, 0.2) is 0 Å². The third-order valence-electron chi connectivity index (χ3n) is 0.341. The van der Waals surface area contributed by atoms with Gasteiger partial charge in [-0.2, -0.15) is 0 Å². The van der Waals surface area contributed by atoms with E-state index in [2.05, 4.69) is 0 Å². The van der Waals surface area contributed by atoms with Crippen molar-refractivity contribution in [2.45, 2.75) is 13.0 Å². The molecule has 0 aromatic heterocycles. The summed E-state index contributed by atoms with van der Waals surface area (Å²) >= 11 is 0. The molecule has 0 aromatic rings. The van der Waals surface area contributed by atoms with Crippen molar-refractivity contribution < 1.29 is 5.11 Å².